The highest BCUT2D eigenvalue weighted by Gasteiger charge is 2.35. The lowest BCUT2D eigenvalue weighted by Gasteiger charge is -2.37. The van der Waals surface area contributed by atoms with Gasteiger partial charge in [-0.05, 0) is 78.6 Å². The van der Waals surface area contributed by atoms with E-state index in [4.69, 9.17) is 9.47 Å². The Morgan fingerprint density at radius 3 is 2.61 bits per heavy atom. The number of fused-ring (bicyclic) bond motifs is 1. The lowest BCUT2D eigenvalue weighted by Crippen LogP contribution is -2.48. The van der Waals surface area contributed by atoms with E-state index in [0.717, 1.165) is 24.8 Å². The minimum Gasteiger partial charge on any atom is -0.497 e. The van der Waals surface area contributed by atoms with Crippen molar-refractivity contribution in [1.82, 2.24) is 9.80 Å². The zero-order chi connectivity index (χ0) is 25.1. The van der Waals surface area contributed by atoms with Crippen LogP contribution in [0.2, 0.25) is 0 Å². The molecular formula is C28H29FN2O4S. The van der Waals surface area contributed by atoms with E-state index in [1.807, 2.05) is 11.4 Å². The van der Waals surface area contributed by atoms with Gasteiger partial charge in [-0.1, -0.05) is 12.1 Å². The number of benzene rings is 2. The third-order valence-electron chi connectivity index (χ3n) is 6.77. The molecule has 0 N–H and O–H groups in total. The van der Waals surface area contributed by atoms with E-state index < -0.39 is 5.82 Å². The highest BCUT2D eigenvalue weighted by atomic mass is 32.1. The summed E-state index contributed by atoms with van der Waals surface area (Å²) < 4.78 is 25.2. The highest BCUT2D eigenvalue weighted by molar-refractivity contribution is 7.10. The van der Waals surface area contributed by atoms with Gasteiger partial charge in [-0.25, -0.2) is 4.39 Å². The molecule has 0 unspecified atom stereocenters. The van der Waals surface area contributed by atoms with Crippen LogP contribution in [0.25, 0.3) is 0 Å². The van der Waals surface area contributed by atoms with E-state index >= 15 is 0 Å². The molecule has 6 nitrogen and oxygen atoms in total. The molecule has 2 aromatic carbocycles. The number of thiophene rings is 1. The second-order valence-corrected chi connectivity index (χ2v) is 10.3. The van der Waals surface area contributed by atoms with Crippen LogP contribution in [0.5, 0.6) is 11.5 Å². The molecule has 1 aromatic heterocycles. The van der Waals surface area contributed by atoms with Gasteiger partial charge in [0.15, 0.2) is 11.6 Å². The van der Waals surface area contributed by atoms with Crippen molar-refractivity contribution in [2.75, 3.05) is 33.4 Å². The second kappa shape index (κ2) is 10.7. The standard InChI is InChI=1S/C28H29FN2O4S/c1-34-21-10-8-20(9-11-21)28(33)30(16-19-6-7-19)17-27(32)31-14-12-26-22(13-15-36-26)24(31)18-35-25-5-3-2-4-23(25)29/h2-5,8-11,13,15,19,24H,6-7,12,14,16-18H2,1H3/t24-/m1/s1. The molecule has 1 aliphatic carbocycles. The van der Waals surface area contributed by atoms with Crippen LogP contribution < -0.4 is 9.47 Å². The number of amides is 2. The van der Waals surface area contributed by atoms with Crippen LogP contribution in [0.4, 0.5) is 4.39 Å². The predicted molar refractivity (Wildman–Crippen MR) is 136 cm³/mol. The molecule has 2 aliphatic rings. The normalized spacial score (nSPS) is 16.8. The monoisotopic (exact) mass is 508 g/mol. The van der Waals surface area contributed by atoms with Crippen LogP contribution in [0, 0.1) is 11.7 Å². The van der Waals surface area contributed by atoms with Crippen molar-refractivity contribution in [1.29, 1.82) is 0 Å². The number of carbonyl (C=O) groups excluding carboxylic acids is 2. The molecule has 2 amide bonds. The molecule has 0 radical (unpaired) electrons. The number of halogens is 1. The first-order chi connectivity index (χ1) is 17.5. The van der Waals surface area contributed by atoms with E-state index in [0.29, 0.717) is 30.3 Å². The Morgan fingerprint density at radius 1 is 1.11 bits per heavy atom. The SMILES string of the molecule is COc1ccc(C(=O)N(CC(=O)N2CCc3sccc3[C@H]2COc2ccccc2F)CC2CC2)cc1. The first kappa shape index (κ1) is 24.3. The first-order valence-corrected chi connectivity index (χ1v) is 13.1. The summed E-state index contributed by atoms with van der Waals surface area (Å²) in [5.74, 6) is 0.551. The predicted octanol–water partition coefficient (Wildman–Crippen LogP) is 4.95. The second-order valence-electron chi connectivity index (χ2n) is 9.25. The Labute approximate surface area is 214 Å². The number of hydrogen-bond donors (Lipinski definition) is 0. The van der Waals surface area contributed by atoms with Gasteiger partial charge in [0.25, 0.3) is 5.91 Å². The van der Waals surface area contributed by atoms with Gasteiger partial charge in [-0.3, -0.25) is 9.59 Å². The molecule has 36 heavy (non-hydrogen) atoms. The number of nitrogens with zero attached hydrogens (tertiary/aromatic N) is 2. The summed E-state index contributed by atoms with van der Waals surface area (Å²) in [7, 11) is 1.58. The topological polar surface area (TPSA) is 59.1 Å². The molecule has 188 valence electrons. The summed E-state index contributed by atoms with van der Waals surface area (Å²) in [5, 5.41) is 2.02. The summed E-state index contributed by atoms with van der Waals surface area (Å²) >= 11 is 1.66. The molecule has 1 saturated carbocycles. The number of rotatable bonds is 9. The largest absolute Gasteiger partial charge is 0.497 e. The summed E-state index contributed by atoms with van der Waals surface area (Å²) in [6.45, 7) is 1.23. The first-order valence-electron chi connectivity index (χ1n) is 12.2. The van der Waals surface area contributed by atoms with Gasteiger partial charge in [0, 0.05) is 23.5 Å². The fourth-order valence-electron chi connectivity index (χ4n) is 4.61. The van der Waals surface area contributed by atoms with Gasteiger partial charge < -0.3 is 19.3 Å². The van der Waals surface area contributed by atoms with Crippen molar-refractivity contribution >= 4 is 23.2 Å². The Kier molecular flexibility index (Phi) is 7.23. The van der Waals surface area contributed by atoms with Gasteiger partial charge in [0.1, 0.15) is 18.9 Å². The molecule has 1 aliphatic heterocycles. The molecule has 2 heterocycles. The Hall–Kier alpha value is -3.39. The van der Waals surface area contributed by atoms with Crippen LogP contribution in [0.3, 0.4) is 0 Å². The Bertz CT molecular complexity index is 1220. The van der Waals surface area contributed by atoms with Gasteiger partial charge in [-0.15, -0.1) is 11.3 Å². The zero-order valence-corrected chi connectivity index (χ0v) is 21.0. The summed E-state index contributed by atoms with van der Waals surface area (Å²) in [5.41, 5.74) is 1.56. The number of carbonyl (C=O) groups is 2. The van der Waals surface area contributed by atoms with Crippen molar-refractivity contribution < 1.29 is 23.5 Å². The summed E-state index contributed by atoms with van der Waals surface area (Å²) in [6.07, 6.45) is 2.90. The van der Waals surface area contributed by atoms with Crippen molar-refractivity contribution in [3.63, 3.8) is 0 Å². The zero-order valence-electron chi connectivity index (χ0n) is 20.2. The third-order valence-corrected chi connectivity index (χ3v) is 7.77. The van der Waals surface area contributed by atoms with Gasteiger partial charge in [-0.2, -0.15) is 0 Å². The maximum absolute atomic E-state index is 14.2. The van der Waals surface area contributed by atoms with E-state index in [1.54, 1.807) is 70.7 Å². The van der Waals surface area contributed by atoms with Gasteiger partial charge in [0.2, 0.25) is 5.91 Å². The maximum atomic E-state index is 14.2. The van der Waals surface area contributed by atoms with Crippen LogP contribution in [0.1, 0.15) is 39.7 Å². The number of methoxy groups -OCH3 is 1. The lowest BCUT2D eigenvalue weighted by atomic mass is 10.00. The van der Waals surface area contributed by atoms with Crippen molar-refractivity contribution in [3.05, 3.63) is 81.8 Å². The quantitative estimate of drug-likeness (QED) is 0.410. The maximum Gasteiger partial charge on any atom is 0.254 e. The Morgan fingerprint density at radius 2 is 1.89 bits per heavy atom. The molecule has 3 aromatic rings. The van der Waals surface area contributed by atoms with Crippen LogP contribution in [-0.2, 0) is 11.2 Å². The fourth-order valence-corrected chi connectivity index (χ4v) is 5.53. The summed E-state index contributed by atoms with van der Waals surface area (Å²) in [6, 6.07) is 14.9. The lowest BCUT2D eigenvalue weighted by molar-refractivity contribution is -0.135. The van der Waals surface area contributed by atoms with Crippen LogP contribution >= 0.6 is 11.3 Å². The third kappa shape index (κ3) is 5.38. The number of ether oxygens (including phenoxy) is 2. The van der Waals surface area contributed by atoms with Crippen LogP contribution in [-0.4, -0.2) is 55.0 Å². The summed E-state index contributed by atoms with van der Waals surface area (Å²) in [4.78, 5) is 31.7. The Balaban J connectivity index is 1.34. The fraction of sp³-hybridized carbons (Fsp3) is 0.357. The number of hydrogen-bond acceptors (Lipinski definition) is 5. The van der Waals surface area contributed by atoms with Gasteiger partial charge in [0.05, 0.1) is 13.2 Å². The molecular weight excluding hydrogens is 479 g/mol. The van der Waals surface area contributed by atoms with Crippen molar-refractivity contribution in [2.45, 2.75) is 25.3 Å². The molecule has 1 fully saturated rings. The number of para-hydroxylation sites is 1. The highest BCUT2D eigenvalue weighted by Crippen LogP contribution is 2.35. The van der Waals surface area contributed by atoms with E-state index in [-0.39, 0.29) is 36.8 Å². The average molecular weight is 509 g/mol. The van der Waals surface area contributed by atoms with E-state index in [9.17, 15) is 14.0 Å². The molecule has 5 rings (SSSR count). The average Bonchev–Trinajstić information content (AvgIpc) is 3.59. The van der Waals surface area contributed by atoms with Gasteiger partial charge >= 0.3 is 0 Å². The molecule has 0 spiro atoms. The van der Waals surface area contributed by atoms with Crippen molar-refractivity contribution in [2.24, 2.45) is 5.92 Å². The minimum atomic E-state index is -0.433. The van der Waals surface area contributed by atoms with E-state index in [1.165, 1.54) is 10.9 Å². The minimum absolute atomic E-state index is 0.00295. The van der Waals surface area contributed by atoms with Crippen LogP contribution in [0.15, 0.2) is 60.0 Å². The van der Waals surface area contributed by atoms with Crippen molar-refractivity contribution in [3.8, 4) is 11.5 Å². The van der Waals surface area contributed by atoms with E-state index in [2.05, 4.69) is 0 Å². The molecule has 0 bridgehead atoms. The molecule has 0 saturated heterocycles. The molecule has 8 heteroatoms. The molecule has 1 atom stereocenters. The smallest absolute Gasteiger partial charge is 0.254 e.